The highest BCUT2D eigenvalue weighted by atomic mass is 35.5. The second-order valence-electron chi connectivity index (χ2n) is 6.90. The molecule has 3 aromatic rings. The predicted octanol–water partition coefficient (Wildman–Crippen LogP) is 5.00. The first-order valence-corrected chi connectivity index (χ1v) is 9.95. The van der Waals surface area contributed by atoms with Gasteiger partial charge >= 0.3 is 6.18 Å². The predicted molar refractivity (Wildman–Crippen MR) is 101 cm³/mol. The first kappa shape index (κ1) is 19.2. The molecule has 0 aromatic carbocycles. The van der Waals surface area contributed by atoms with Crippen LogP contribution in [0.25, 0.3) is 16.2 Å². The monoisotopic (exact) mass is 428 g/mol. The van der Waals surface area contributed by atoms with Crippen LogP contribution < -0.4 is 0 Å². The minimum atomic E-state index is -4.65. The molecule has 0 atom stereocenters. The van der Waals surface area contributed by atoms with Crippen molar-refractivity contribution in [3.05, 3.63) is 40.0 Å². The molecule has 0 N–H and O–H groups in total. The zero-order chi connectivity index (χ0) is 20.1. The van der Waals surface area contributed by atoms with Crippen LogP contribution in [0, 0.1) is 5.92 Å². The Hall–Kier alpha value is -2.13. The quantitative estimate of drug-likeness (QED) is 0.577. The smallest absolute Gasteiger partial charge is 0.337 e. The summed E-state index contributed by atoms with van der Waals surface area (Å²) in [6.07, 6.45) is -2.91. The van der Waals surface area contributed by atoms with E-state index in [0.29, 0.717) is 32.7 Å². The summed E-state index contributed by atoms with van der Waals surface area (Å²) in [4.78, 5) is 19.1. The fraction of sp³-hybridized carbons (Fsp3) is 0.389. The molecular formula is C18H16ClF3N4OS. The van der Waals surface area contributed by atoms with Crippen molar-refractivity contribution in [3.8, 4) is 10.6 Å². The number of hydrogen-bond donors (Lipinski definition) is 0. The van der Waals surface area contributed by atoms with Crippen LogP contribution in [0.2, 0.25) is 4.34 Å². The fourth-order valence-corrected chi connectivity index (χ4v) is 4.24. The molecule has 0 unspecified atom stereocenters. The van der Waals surface area contributed by atoms with Gasteiger partial charge in [-0.05, 0) is 37.0 Å². The molecule has 1 aliphatic rings. The molecule has 0 saturated carbocycles. The average molecular weight is 429 g/mol. The Morgan fingerprint density at radius 3 is 2.57 bits per heavy atom. The van der Waals surface area contributed by atoms with Crippen molar-refractivity contribution in [2.45, 2.75) is 25.9 Å². The summed E-state index contributed by atoms with van der Waals surface area (Å²) in [5.41, 5.74) is -0.900. The van der Waals surface area contributed by atoms with Crippen LogP contribution in [0.1, 0.15) is 35.9 Å². The van der Waals surface area contributed by atoms with Crippen molar-refractivity contribution in [1.29, 1.82) is 0 Å². The summed E-state index contributed by atoms with van der Waals surface area (Å²) < 4.78 is 42.0. The molecular weight excluding hydrogens is 413 g/mol. The van der Waals surface area contributed by atoms with Crippen molar-refractivity contribution in [3.63, 3.8) is 0 Å². The number of aromatic nitrogens is 3. The van der Waals surface area contributed by atoms with Crippen LogP contribution in [0.15, 0.2) is 24.3 Å². The number of likely N-dealkylation sites (tertiary alicyclic amines) is 1. The number of nitrogens with zero attached hydrogens (tertiary/aromatic N) is 4. The van der Waals surface area contributed by atoms with Crippen molar-refractivity contribution in [2.24, 2.45) is 5.92 Å². The van der Waals surface area contributed by atoms with Gasteiger partial charge in [0.1, 0.15) is 0 Å². The van der Waals surface area contributed by atoms with Gasteiger partial charge in [0.15, 0.2) is 17.0 Å². The normalized spacial score (nSPS) is 16.1. The third kappa shape index (κ3) is 3.60. The van der Waals surface area contributed by atoms with Crippen LogP contribution in [0.4, 0.5) is 13.2 Å². The molecule has 1 saturated heterocycles. The van der Waals surface area contributed by atoms with E-state index >= 15 is 0 Å². The first-order chi connectivity index (χ1) is 13.2. The molecule has 1 aliphatic heterocycles. The SMILES string of the molecule is CC1CCN(C(=O)c2cc3nc(-c4ccc(Cl)s4)cc(C(F)(F)F)n3n2)CC1. The first-order valence-electron chi connectivity index (χ1n) is 8.75. The molecule has 1 fully saturated rings. The minimum Gasteiger partial charge on any atom is -0.337 e. The Morgan fingerprint density at radius 1 is 1.25 bits per heavy atom. The lowest BCUT2D eigenvalue weighted by atomic mass is 9.99. The molecule has 10 heteroatoms. The van der Waals surface area contributed by atoms with Gasteiger partial charge in [0.2, 0.25) is 0 Å². The zero-order valence-corrected chi connectivity index (χ0v) is 16.4. The maximum Gasteiger partial charge on any atom is 0.433 e. The molecule has 28 heavy (non-hydrogen) atoms. The number of thiophene rings is 1. The van der Waals surface area contributed by atoms with E-state index in [-0.39, 0.29) is 22.9 Å². The number of amides is 1. The lowest BCUT2D eigenvalue weighted by molar-refractivity contribution is -0.142. The number of piperidine rings is 1. The zero-order valence-electron chi connectivity index (χ0n) is 14.8. The number of carbonyl (C=O) groups is 1. The highest BCUT2D eigenvalue weighted by molar-refractivity contribution is 7.19. The maximum atomic E-state index is 13.6. The van der Waals surface area contributed by atoms with Crippen LogP contribution in [0.5, 0.6) is 0 Å². The van der Waals surface area contributed by atoms with Gasteiger partial charge in [0.05, 0.1) is 14.9 Å². The number of hydrogen-bond acceptors (Lipinski definition) is 4. The lowest BCUT2D eigenvalue weighted by Gasteiger charge is -2.29. The molecule has 4 rings (SSSR count). The van der Waals surface area contributed by atoms with Gasteiger partial charge < -0.3 is 4.90 Å². The maximum absolute atomic E-state index is 13.6. The summed E-state index contributed by atoms with van der Waals surface area (Å²) in [7, 11) is 0. The fourth-order valence-electron chi connectivity index (χ4n) is 3.23. The molecule has 0 aliphatic carbocycles. The highest BCUT2D eigenvalue weighted by Crippen LogP contribution is 2.35. The molecule has 5 nitrogen and oxygen atoms in total. The molecule has 1 amide bonds. The summed E-state index contributed by atoms with van der Waals surface area (Å²) in [6.45, 7) is 3.27. The molecule has 0 bridgehead atoms. The average Bonchev–Trinajstić information content (AvgIpc) is 3.26. The van der Waals surface area contributed by atoms with E-state index in [1.165, 1.54) is 6.07 Å². The van der Waals surface area contributed by atoms with E-state index in [9.17, 15) is 18.0 Å². The molecule has 0 spiro atoms. The van der Waals surface area contributed by atoms with Crippen LogP contribution >= 0.6 is 22.9 Å². The van der Waals surface area contributed by atoms with E-state index in [4.69, 9.17) is 11.6 Å². The molecule has 4 heterocycles. The topological polar surface area (TPSA) is 50.5 Å². The third-order valence-corrected chi connectivity index (χ3v) is 6.09. The number of alkyl halides is 3. The van der Waals surface area contributed by atoms with Gasteiger partial charge in [-0.15, -0.1) is 11.3 Å². The van der Waals surface area contributed by atoms with Gasteiger partial charge in [-0.25, -0.2) is 9.50 Å². The number of halogens is 4. The van der Waals surface area contributed by atoms with Gasteiger partial charge in [-0.1, -0.05) is 18.5 Å². The second kappa shape index (κ2) is 7.04. The number of carbonyl (C=O) groups excluding carboxylic acids is 1. The standard InChI is InChI=1S/C18H16ClF3N4OS/c1-10-4-6-25(7-5-10)17(27)12-9-16-23-11(13-2-3-15(19)28-13)8-14(18(20,21)22)26(16)24-12/h2-3,8-10H,4-7H2,1H3. The van der Waals surface area contributed by atoms with E-state index in [1.54, 1.807) is 17.0 Å². The largest absolute Gasteiger partial charge is 0.433 e. The number of rotatable bonds is 2. The van der Waals surface area contributed by atoms with Crippen LogP contribution in [-0.4, -0.2) is 38.5 Å². The van der Waals surface area contributed by atoms with Crippen molar-refractivity contribution in [1.82, 2.24) is 19.5 Å². The Bertz CT molecular complexity index is 1040. The second-order valence-corrected chi connectivity index (χ2v) is 8.62. The Kier molecular flexibility index (Phi) is 4.83. The number of fused-ring (bicyclic) bond motifs is 1. The van der Waals surface area contributed by atoms with Gasteiger partial charge in [0.25, 0.3) is 5.91 Å². The van der Waals surface area contributed by atoms with E-state index in [1.807, 2.05) is 0 Å². The molecule has 0 radical (unpaired) electrons. The van der Waals surface area contributed by atoms with Crippen molar-refractivity contribution in [2.75, 3.05) is 13.1 Å². The Morgan fingerprint density at radius 2 is 1.96 bits per heavy atom. The van der Waals surface area contributed by atoms with Crippen molar-refractivity contribution < 1.29 is 18.0 Å². The summed E-state index contributed by atoms with van der Waals surface area (Å²) in [5.74, 6) is 0.162. The van der Waals surface area contributed by atoms with E-state index in [0.717, 1.165) is 30.2 Å². The van der Waals surface area contributed by atoms with Crippen LogP contribution in [-0.2, 0) is 6.18 Å². The van der Waals surface area contributed by atoms with E-state index < -0.39 is 11.9 Å². The summed E-state index contributed by atoms with van der Waals surface area (Å²) in [6, 6.07) is 5.46. The third-order valence-electron chi connectivity index (χ3n) is 4.83. The summed E-state index contributed by atoms with van der Waals surface area (Å²) in [5, 5.41) is 3.93. The Balaban J connectivity index is 1.78. The minimum absolute atomic E-state index is 0.0249. The van der Waals surface area contributed by atoms with Gasteiger partial charge in [0, 0.05) is 19.2 Å². The summed E-state index contributed by atoms with van der Waals surface area (Å²) >= 11 is 7.04. The Labute approximate surface area is 167 Å². The lowest BCUT2D eigenvalue weighted by Crippen LogP contribution is -2.38. The molecule has 148 valence electrons. The van der Waals surface area contributed by atoms with E-state index in [2.05, 4.69) is 17.0 Å². The van der Waals surface area contributed by atoms with Gasteiger partial charge in [-0.3, -0.25) is 4.79 Å². The van der Waals surface area contributed by atoms with Gasteiger partial charge in [-0.2, -0.15) is 18.3 Å². The highest BCUT2D eigenvalue weighted by Gasteiger charge is 2.36. The molecule has 3 aromatic heterocycles. The van der Waals surface area contributed by atoms with Crippen LogP contribution in [0.3, 0.4) is 0 Å². The van der Waals surface area contributed by atoms with Crippen molar-refractivity contribution >= 4 is 34.5 Å².